The average Bonchev–Trinajstić information content (AvgIpc) is 2.47. The zero-order chi connectivity index (χ0) is 15.9. The summed E-state index contributed by atoms with van der Waals surface area (Å²) >= 11 is 0. The Kier molecular flexibility index (Phi) is 3.23. The van der Waals surface area contributed by atoms with Crippen molar-refractivity contribution in [1.29, 1.82) is 0 Å². The summed E-state index contributed by atoms with van der Waals surface area (Å²) in [6, 6.07) is 4.20. The monoisotopic (exact) mass is 309 g/mol. The van der Waals surface area contributed by atoms with Gasteiger partial charge < -0.3 is 10.3 Å². The molecule has 0 radical (unpaired) electrons. The molecule has 2 heterocycles. The SMILES string of the molecule is O=C1NCCc2c1nc(-c1ccc(C(F)(F)F)cc1)[nH]c2=O. The van der Waals surface area contributed by atoms with Crippen molar-refractivity contribution in [3.63, 3.8) is 0 Å². The Morgan fingerprint density at radius 1 is 1.09 bits per heavy atom. The van der Waals surface area contributed by atoms with Gasteiger partial charge in [-0.1, -0.05) is 12.1 Å². The third kappa shape index (κ3) is 2.47. The lowest BCUT2D eigenvalue weighted by Crippen LogP contribution is -2.37. The van der Waals surface area contributed by atoms with Crippen LogP contribution in [-0.2, 0) is 12.6 Å². The fraction of sp³-hybridized carbons (Fsp3) is 0.214. The molecule has 1 amide bonds. The fourth-order valence-corrected chi connectivity index (χ4v) is 2.26. The van der Waals surface area contributed by atoms with Crippen molar-refractivity contribution in [2.45, 2.75) is 12.6 Å². The lowest BCUT2D eigenvalue weighted by Gasteiger charge is -2.15. The lowest BCUT2D eigenvalue weighted by molar-refractivity contribution is -0.137. The first kappa shape index (κ1) is 14.3. The molecule has 5 nitrogen and oxygen atoms in total. The van der Waals surface area contributed by atoms with Crippen molar-refractivity contribution in [2.24, 2.45) is 0 Å². The maximum atomic E-state index is 12.5. The van der Waals surface area contributed by atoms with Crippen molar-refractivity contribution in [2.75, 3.05) is 6.54 Å². The highest BCUT2D eigenvalue weighted by atomic mass is 19.4. The number of carbonyl (C=O) groups excluding carboxylic acids is 1. The summed E-state index contributed by atoms with van der Waals surface area (Å²) in [7, 11) is 0. The van der Waals surface area contributed by atoms with E-state index in [-0.39, 0.29) is 11.5 Å². The molecule has 0 aliphatic carbocycles. The van der Waals surface area contributed by atoms with Crippen molar-refractivity contribution in [3.8, 4) is 11.4 Å². The third-order valence-corrected chi connectivity index (χ3v) is 3.38. The topological polar surface area (TPSA) is 74.8 Å². The normalized spacial score (nSPS) is 14.4. The molecule has 2 aromatic rings. The summed E-state index contributed by atoms with van der Waals surface area (Å²) in [5.74, 6) is -0.393. The van der Waals surface area contributed by atoms with Crippen molar-refractivity contribution >= 4 is 5.91 Å². The van der Waals surface area contributed by atoms with E-state index < -0.39 is 23.2 Å². The summed E-state index contributed by atoms with van der Waals surface area (Å²) in [5.41, 5.74) is -0.639. The van der Waals surface area contributed by atoms with Crippen LogP contribution in [0.15, 0.2) is 29.1 Å². The molecule has 1 aromatic carbocycles. The quantitative estimate of drug-likeness (QED) is 0.842. The van der Waals surface area contributed by atoms with Crippen molar-refractivity contribution in [1.82, 2.24) is 15.3 Å². The van der Waals surface area contributed by atoms with Gasteiger partial charge in [0.05, 0.1) is 11.1 Å². The minimum Gasteiger partial charge on any atom is -0.350 e. The molecule has 8 heteroatoms. The van der Waals surface area contributed by atoms with Crippen LogP contribution in [0.5, 0.6) is 0 Å². The van der Waals surface area contributed by atoms with Crippen LogP contribution in [0.2, 0.25) is 0 Å². The highest BCUT2D eigenvalue weighted by molar-refractivity contribution is 5.95. The summed E-state index contributed by atoms with van der Waals surface area (Å²) < 4.78 is 37.6. The maximum absolute atomic E-state index is 12.5. The van der Waals surface area contributed by atoms with E-state index in [9.17, 15) is 22.8 Å². The number of aromatic nitrogens is 2. The minimum atomic E-state index is -4.44. The van der Waals surface area contributed by atoms with Gasteiger partial charge in [-0.25, -0.2) is 4.98 Å². The molecule has 0 unspecified atom stereocenters. The van der Waals surface area contributed by atoms with Gasteiger partial charge in [0.25, 0.3) is 11.5 Å². The predicted molar refractivity (Wildman–Crippen MR) is 71.3 cm³/mol. The van der Waals surface area contributed by atoms with E-state index in [1.807, 2.05) is 0 Å². The number of H-pyrrole nitrogens is 1. The smallest absolute Gasteiger partial charge is 0.350 e. The molecular weight excluding hydrogens is 299 g/mol. The van der Waals surface area contributed by atoms with Crippen LogP contribution in [0.3, 0.4) is 0 Å². The molecule has 0 fully saturated rings. The maximum Gasteiger partial charge on any atom is 0.416 e. The van der Waals surface area contributed by atoms with E-state index in [4.69, 9.17) is 0 Å². The fourth-order valence-electron chi connectivity index (χ4n) is 2.26. The molecule has 1 aliphatic rings. The number of benzene rings is 1. The Balaban J connectivity index is 2.06. The standard InChI is InChI=1S/C14H10F3N3O2/c15-14(16,17)8-3-1-7(2-4-8)11-19-10-9(12(21)20-11)5-6-18-13(10)22/h1-4H,5-6H2,(H,18,22)(H,19,20,21). The van der Waals surface area contributed by atoms with E-state index >= 15 is 0 Å². The van der Waals surface area contributed by atoms with Gasteiger partial charge in [0, 0.05) is 12.1 Å². The molecular formula is C14H10F3N3O2. The number of rotatable bonds is 1. The second-order valence-electron chi connectivity index (χ2n) is 4.82. The molecule has 0 saturated heterocycles. The second-order valence-corrected chi connectivity index (χ2v) is 4.82. The van der Waals surface area contributed by atoms with Crippen LogP contribution in [0, 0.1) is 0 Å². The Bertz CT molecular complexity index is 794. The number of nitrogens with zero attached hydrogens (tertiary/aromatic N) is 1. The second kappa shape index (κ2) is 4.97. The number of hydrogen-bond acceptors (Lipinski definition) is 3. The molecule has 1 aromatic heterocycles. The van der Waals surface area contributed by atoms with E-state index in [1.54, 1.807) is 0 Å². The Morgan fingerprint density at radius 3 is 2.41 bits per heavy atom. The molecule has 0 saturated carbocycles. The summed E-state index contributed by atoms with van der Waals surface area (Å²) in [6.07, 6.45) is -4.06. The van der Waals surface area contributed by atoms with E-state index in [1.165, 1.54) is 12.1 Å². The van der Waals surface area contributed by atoms with E-state index in [0.717, 1.165) is 12.1 Å². The van der Waals surface area contributed by atoms with Gasteiger partial charge in [-0.3, -0.25) is 9.59 Å². The Labute approximate surface area is 122 Å². The molecule has 0 atom stereocenters. The number of fused-ring (bicyclic) bond motifs is 1. The summed E-state index contributed by atoms with van der Waals surface area (Å²) in [4.78, 5) is 30.3. The van der Waals surface area contributed by atoms with Gasteiger partial charge in [-0.2, -0.15) is 13.2 Å². The van der Waals surface area contributed by atoms with Gasteiger partial charge in [0.2, 0.25) is 0 Å². The number of nitrogens with one attached hydrogen (secondary N) is 2. The summed E-state index contributed by atoms with van der Waals surface area (Å²) in [5, 5.41) is 2.57. The largest absolute Gasteiger partial charge is 0.416 e. The highest BCUT2D eigenvalue weighted by Crippen LogP contribution is 2.30. The molecule has 0 spiro atoms. The molecule has 3 rings (SSSR count). The van der Waals surface area contributed by atoms with Gasteiger partial charge in [-0.15, -0.1) is 0 Å². The van der Waals surface area contributed by atoms with E-state index in [2.05, 4.69) is 15.3 Å². The van der Waals surface area contributed by atoms with Gasteiger partial charge in [0.15, 0.2) is 0 Å². The first-order valence-corrected chi connectivity index (χ1v) is 6.45. The van der Waals surface area contributed by atoms with Crippen LogP contribution < -0.4 is 10.9 Å². The third-order valence-electron chi connectivity index (χ3n) is 3.38. The summed E-state index contributed by atoms with van der Waals surface area (Å²) in [6.45, 7) is 0.357. The van der Waals surface area contributed by atoms with E-state index in [0.29, 0.717) is 24.1 Å². The Hall–Kier alpha value is -2.64. The van der Waals surface area contributed by atoms with Crippen LogP contribution in [0.25, 0.3) is 11.4 Å². The van der Waals surface area contributed by atoms with Crippen LogP contribution >= 0.6 is 0 Å². The molecule has 1 aliphatic heterocycles. The minimum absolute atomic E-state index is 0.0184. The van der Waals surface area contributed by atoms with Crippen LogP contribution in [-0.4, -0.2) is 22.4 Å². The number of carbonyl (C=O) groups is 1. The number of alkyl halides is 3. The molecule has 0 bridgehead atoms. The predicted octanol–water partition coefficient (Wildman–Crippen LogP) is 1.74. The lowest BCUT2D eigenvalue weighted by atomic mass is 10.1. The van der Waals surface area contributed by atoms with Crippen molar-refractivity contribution < 1.29 is 18.0 Å². The van der Waals surface area contributed by atoms with Crippen molar-refractivity contribution in [3.05, 3.63) is 51.4 Å². The number of aromatic amines is 1. The molecule has 22 heavy (non-hydrogen) atoms. The molecule has 2 N–H and O–H groups in total. The van der Waals surface area contributed by atoms with Gasteiger partial charge in [0.1, 0.15) is 11.5 Å². The first-order chi connectivity index (χ1) is 10.4. The van der Waals surface area contributed by atoms with Gasteiger partial charge >= 0.3 is 6.18 Å². The Morgan fingerprint density at radius 2 is 1.77 bits per heavy atom. The molecule has 114 valence electrons. The average molecular weight is 309 g/mol. The van der Waals surface area contributed by atoms with Crippen LogP contribution in [0.1, 0.15) is 21.6 Å². The number of amides is 1. The zero-order valence-corrected chi connectivity index (χ0v) is 11.1. The van der Waals surface area contributed by atoms with Crippen LogP contribution in [0.4, 0.5) is 13.2 Å². The number of hydrogen-bond donors (Lipinski definition) is 2. The highest BCUT2D eigenvalue weighted by Gasteiger charge is 2.30. The van der Waals surface area contributed by atoms with Gasteiger partial charge in [-0.05, 0) is 18.6 Å². The first-order valence-electron chi connectivity index (χ1n) is 6.45. The number of halogens is 3. The zero-order valence-electron chi connectivity index (χ0n) is 11.1.